The van der Waals surface area contributed by atoms with Gasteiger partial charge in [-0.3, -0.25) is 0 Å². The van der Waals surface area contributed by atoms with Gasteiger partial charge in [-0.25, -0.2) is 4.98 Å². The van der Waals surface area contributed by atoms with Gasteiger partial charge in [0.25, 0.3) is 0 Å². The SMILES string of the molecule is OCCNc1ncccc1Br. The minimum atomic E-state index is 0.114. The number of pyridine rings is 1. The molecule has 1 aromatic heterocycles. The maximum Gasteiger partial charge on any atom is 0.140 e. The van der Waals surface area contributed by atoms with E-state index < -0.39 is 0 Å². The molecular formula is C7H9BrN2O. The van der Waals surface area contributed by atoms with Crippen LogP contribution >= 0.6 is 15.9 Å². The number of nitrogens with zero attached hydrogens (tertiary/aromatic N) is 1. The Bertz CT molecular complexity index is 229. The first-order chi connectivity index (χ1) is 5.34. The first-order valence-electron chi connectivity index (χ1n) is 3.30. The summed E-state index contributed by atoms with van der Waals surface area (Å²) in [5.74, 6) is 0.765. The lowest BCUT2D eigenvalue weighted by Gasteiger charge is -2.03. The smallest absolute Gasteiger partial charge is 0.140 e. The predicted octanol–water partition coefficient (Wildman–Crippen LogP) is 1.25. The van der Waals surface area contributed by atoms with Crippen molar-refractivity contribution in [2.45, 2.75) is 0 Å². The van der Waals surface area contributed by atoms with Gasteiger partial charge in [-0.2, -0.15) is 0 Å². The highest BCUT2D eigenvalue weighted by Crippen LogP contribution is 2.17. The first kappa shape index (κ1) is 8.49. The van der Waals surface area contributed by atoms with Crippen molar-refractivity contribution < 1.29 is 5.11 Å². The zero-order valence-electron chi connectivity index (χ0n) is 5.92. The molecule has 0 radical (unpaired) electrons. The van der Waals surface area contributed by atoms with Gasteiger partial charge in [0.2, 0.25) is 0 Å². The van der Waals surface area contributed by atoms with Gasteiger partial charge < -0.3 is 10.4 Å². The molecule has 0 spiro atoms. The van der Waals surface area contributed by atoms with Gasteiger partial charge in [-0.05, 0) is 28.1 Å². The van der Waals surface area contributed by atoms with E-state index in [1.807, 2.05) is 12.1 Å². The zero-order valence-corrected chi connectivity index (χ0v) is 7.50. The average molecular weight is 217 g/mol. The van der Waals surface area contributed by atoms with Gasteiger partial charge in [-0.1, -0.05) is 0 Å². The number of halogens is 1. The summed E-state index contributed by atoms with van der Waals surface area (Å²) in [5.41, 5.74) is 0. The molecule has 0 aromatic carbocycles. The lowest BCUT2D eigenvalue weighted by atomic mass is 10.4. The average Bonchev–Trinajstić information content (AvgIpc) is 2.03. The van der Waals surface area contributed by atoms with Crippen LogP contribution in [0, 0.1) is 0 Å². The van der Waals surface area contributed by atoms with Gasteiger partial charge >= 0.3 is 0 Å². The van der Waals surface area contributed by atoms with Crippen molar-refractivity contribution in [3.05, 3.63) is 22.8 Å². The second-order valence-electron chi connectivity index (χ2n) is 1.98. The summed E-state index contributed by atoms with van der Waals surface area (Å²) in [7, 11) is 0. The fourth-order valence-electron chi connectivity index (χ4n) is 0.690. The molecule has 0 saturated heterocycles. The Labute approximate surface area is 73.6 Å². The molecule has 11 heavy (non-hydrogen) atoms. The lowest BCUT2D eigenvalue weighted by Crippen LogP contribution is -2.06. The van der Waals surface area contributed by atoms with Gasteiger partial charge in [0.15, 0.2) is 0 Å². The van der Waals surface area contributed by atoms with Gasteiger partial charge in [0, 0.05) is 12.7 Å². The molecule has 0 atom stereocenters. The molecule has 0 unspecified atom stereocenters. The van der Waals surface area contributed by atoms with Crippen LogP contribution in [0.25, 0.3) is 0 Å². The lowest BCUT2D eigenvalue weighted by molar-refractivity contribution is 0.311. The largest absolute Gasteiger partial charge is 0.395 e. The summed E-state index contributed by atoms with van der Waals surface area (Å²) in [6.45, 7) is 0.638. The molecule has 0 saturated carbocycles. The van der Waals surface area contributed by atoms with Crippen LogP contribution < -0.4 is 5.32 Å². The Hall–Kier alpha value is -0.610. The highest BCUT2D eigenvalue weighted by Gasteiger charge is 1.96. The van der Waals surface area contributed by atoms with E-state index in [1.54, 1.807) is 6.20 Å². The van der Waals surface area contributed by atoms with Crippen molar-refractivity contribution in [2.75, 3.05) is 18.5 Å². The van der Waals surface area contributed by atoms with Gasteiger partial charge in [0.1, 0.15) is 5.82 Å². The Balaban J connectivity index is 2.62. The summed E-state index contributed by atoms with van der Waals surface area (Å²) in [4.78, 5) is 4.05. The maximum absolute atomic E-state index is 8.51. The first-order valence-corrected chi connectivity index (χ1v) is 4.09. The third kappa shape index (κ3) is 2.48. The molecule has 3 nitrogen and oxygen atoms in total. The van der Waals surface area contributed by atoms with Crippen molar-refractivity contribution in [3.8, 4) is 0 Å². The van der Waals surface area contributed by atoms with Gasteiger partial charge in [0.05, 0.1) is 11.1 Å². The maximum atomic E-state index is 8.51. The van der Waals surface area contributed by atoms with E-state index in [1.165, 1.54) is 0 Å². The fourth-order valence-corrected chi connectivity index (χ4v) is 1.09. The molecule has 60 valence electrons. The molecule has 0 fully saturated rings. The molecule has 0 bridgehead atoms. The fraction of sp³-hybridized carbons (Fsp3) is 0.286. The molecule has 2 N–H and O–H groups in total. The summed E-state index contributed by atoms with van der Waals surface area (Å²) in [6, 6.07) is 3.74. The minimum absolute atomic E-state index is 0.114. The number of hydrogen-bond acceptors (Lipinski definition) is 3. The highest BCUT2D eigenvalue weighted by molar-refractivity contribution is 9.10. The van der Waals surface area contributed by atoms with E-state index in [4.69, 9.17) is 5.11 Å². The van der Waals surface area contributed by atoms with E-state index >= 15 is 0 Å². The Morgan fingerprint density at radius 2 is 2.45 bits per heavy atom. The van der Waals surface area contributed by atoms with Crippen LogP contribution in [0.1, 0.15) is 0 Å². The molecule has 0 aliphatic heterocycles. The van der Waals surface area contributed by atoms with Crippen LogP contribution in [-0.4, -0.2) is 23.2 Å². The van der Waals surface area contributed by atoms with Crippen LogP contribution in [0.3, 0.4) is 0 Å². The summed E-state index contributed by atoms with van der Waals surface area (Å²) >= 11 is 3.32. The number of aliphatic hydroxyl groups is 1. The molecule has 1 aromatic rings. The van der Waals surface area contributed by atoms with Crippen LogP contribution in [0.5, 0.6) is 0 Å². The standard InChI is InChI=1S/C7H9BrN2O/c8-6-2-1-3-9-7(6)10-4-5-11/h1-3,11H,4-5H2,(H,9,10). The Morgan fingerprint density at radius 1 is 1.64 bits per heavy atom. The highest BCUT2D eigenvalue weighted by atomic mass is 79.9. The van der Waals surface area contributed by atoms with Crippen LogP contribution in [-0.2, 0) is 0 Å². The van der Waals surface area contributed by atoms with E-state index in [2.05, 4.69) is 26.2 Å². The number of anilines is 1. The van der Waals surface area contributed by atoms with Crippen LogP contribution in [0.4, 0.5) is 5.82 Å². The number of hydrogen-bond donors (Lipinski definition) is 2. The van der Waals surface area contributed by atoms with Crippen molar-refractivity contribution in [1.82, 2.24) is 4.98 Å². The monoisotopic (exact) mass is 216 g/mol. The third-order valence-electron chi connectivity index (χ3n) is 1.16. The number of rotatable bonds is 3. The van der Waals surface area contributed by atoms with Crippen LogP contribution in [0.2, 0.25) is 0 Å². The molecule has 0 amide bonds. The molecule has 1 heterocycles. The topological polar surface area (TPSA) is 45.1 Å². The van der Waals surface area contributed by atoms with Gasteiger partial charge in [-0.15, -0.1) is 0 Å². The summed E-state index contributed by atoms with van der Waals surface area (Å²) in [6.07, 6.45) is 1.70. The van der Waals surface area contributed by atoms with Crippen LogP contribution in [0.15, 0.2) is 22.8 Å². The second kappa shape index (κ2) is 4.31. The summed E-state index contributed by atoms with van der Waals surface area (Å²) < 4.78 is 0.911. The van der Waals surface area contributed by atoms with Crippen molar-refractivity contribution in [3.63, 3.8) is 0 Å². The number of aromatic nitrogens is 1. The zero-order chi connectivity index (χ0) is 8.10. The third-order valence-corrected chi connectivity index (χ3v) is 1.80. The second-order valence-corrected chi connectivity index (χ2v) is 2.84. The van der Waals surface area contributed by atoms with E-state index in [0.717, 1.165) is 10.3 Å². The van der Waals surface area contributed by atoms with Crippen molar-refractivity contribution in [2.24, 2.45) is 0 Å². The minimum Gasteiger partial charge on any atom is -0.395 e. The van der Waals surface area contributed by atoms with Crippen molar-refractivity contribution in [1.29, 1.82) is 0 Å². The molecule has 0 aliphatic carbocycles. The van der Waals surface area contributed by atoms with E-state index in [9.17, 15) is 0 Å². The normalized spacial score (nSPS) is 9.64. The molecule has 1 rings (SSSR count). The number of aliphatic hydroxyl groups excluding tert-OH is 1. The van der Waals surface area contributed by atoms with E-state index in [-0.39, 0.29) is 6.61 Å². The molecule has 0 aliphatic rings. The number of nitrogens with one attached hydrogen (secondary N) is 1. The Morgan fingerprint density at radius 3 is 3.09 bits per heavy atom. The predicted molar refractivity (Wildman–Crippen MR) is 47.5 cm³/mol. The van der Waals surface area contributed by atoms with E-state index in [0.29, 0.717) is 6.54 Å². The van der Waals surface area contributed by atoms with Crippen molar-refractivity contribution >= 4 is 21.7 Å². The molecule has 4 heteroatoms. The Kier molecular flexibility index (Phi) is 3.32. The summed E-state index contributed by atoms with van der Waals surface area (Å²) in [5, 5.41) is 11.5. The quantitative estimate of drug-likeness (QED) is 0.800. The molecular weight excluding hydrogens is 208 g/mol.